The predicted octanol–water partition coefficient (Wildman–Crippen LogP) is -1.93. The molecule has 1 aromatic heterocycles. The zero-order chi connectivity index (χ0) is 46.3. The Morgan fingerprint density at radius 1 is 0.902 bits per heavy atom. The number of aliphatic hydroxyl groups excluding tert-OH is 4. The van der Waals surface area contributed by atoms with Crippen molar-refractivity contribution in [1.29, 1.82) is 0 Å². The molecule has 2 saturated heterocycles. The van der Waals surface area contributed by atoms with Crippen LogP contribution in [0.25, 0.3) is 0 Å². The number of carboxylic acid groups (broad SMARTS) is 2. The lowest BCUT2D eigenvalue weighted by molar-refractivity contribution is -0.232. The fourth-order valence-electron chi connectivity index (χ4n) is 5.96. The summed E-state index contributed by atoms with van der Waals surface area (Å²) in [4.78, 5) is 74.2. The molecule has 4 heterocycles. The van der Waals surface area contributed by atoms with Gasteiger partial charge in [-0.1, -0.05) is 19.1 Å². The molecule has 5 rings (SSSR count). The van der Waals surface area contributed by atoms with Crippen molar-refractivity contribution in [2.45, 2.75) is 87.0 Å². The molecule has 0 aliphatic carbocycles. The quantitative estimate of drug-likeness (QED) is 0.124. The van der Waals surface area contributed by atoms with Crippen LogP contribution in [0.15, 0.2) is 57.9 Å². The van der Waals surface area contributed by atoms with Gasteiger partial charge in [0.2, 0.25) is 5.91 Å². The predicted molar refractivity (Wildman–Crippen MR) is 191 cm³/mol. The number of carbonyl (C=O) groups is 4. The van der Waals surface area contributed by atoms with E-state index < -0.39 is 109 Å². The summed E-state index contributed by atoms with van der Waals surface area (Å²) in [5, 5.41) is 60.4. The average molecular weight is 889 g/mol. The van der Waals surface area contributed by atoms with Gasteiger partial charge in [-0.3, -0.25) is 28.8 Å². The molecule has 0 saturated carbocycles. The number of amides is 2. The Bertz CT molecular complexity index is 1990. The minimum absolute atomic E-state index is 0.0176. The third-order valence-corrected chi connectivity index (χ3v) is 9.21. The van der Waals surface area contributed by atoms with Crippen LogP contribution in [-0.4, -0.2) is 168 Å². The first-order valence-corrected chi connectivity index (χ1v) is 17.6. The zero-order valence-electron chi connectivity index (χ0n) is 32.0. The van der Waals surface area contributed by atoms with E-state index >= 15 is 0 Å². The van der Waals surface area contributed by atoms with E-state index in [1.807, 2.05) is 24.0 Å². The largest absolute Gasteiger partial charge is 0.490 e. The van der Waals surface area contributed by atoms with Crippen molar-refractivity contribution >= 4 is 29.4 Å². The second kappa shape index (κ2) is 20.5. The first kappa shape index (κ1) is 50.1. The zero-order valence-corrected chi connectivity index (χ0v) is 32.0. The maximum atomic E-state index is 14.2. The Labute approximate surface area is 339 Å². The fourth-order valence-corrected chi connectivity index (χ4v) is 5.96. The summed E-state index contributed by atoms with van der Waals surface area (Å²) in [6.45, 7) is 1.86. The lowest BCUT2D eigenvalue weighted by atomic mass is 9.97. The van der Waals surface area contributed by atoms with Crippen molar-refractivity contribution in [2.24, 2.45) is 5.73 Å². The molecule has 0 spiro atoms. The number of carbonyl (C=O) groups excluding carboxylic acids is 2. The molecule has 27 heteroatoms. The fraction of sp³-hybridized carbons (Fsp3) is 0.529. The van der Waals surface area contributed by atoms with Crippen LogP contribution in [0.2, 0.25) is 0 Å². The molecule has 3 aliphatic heterocycles. The van der Waals surface area contributed by atoms with Gasteiger partial charge < -0.3 is 60.8 Å². The summed E-state index contributed by atoms with van der Waals surface area (Å²) >= 11 is 0. The number of carboxylic acids is 2. The summed E-state index contributed by atoms with van der Waals surface area (Å²) in [5.74, 6) is -6.76. The Kier molecular flexibility index (Phi) is 16.9. The summed E-state index contributed by atoms with van der Waals surface area (Å²) in [6, 6.07) is 6.93. The number of hydrogen-bond acceptors (Lipinski definition) is 15. The van der Waals surface area contributed by atoms with Crippen LogP contribution < -0.4 is 22.3 Å². The van der Waals surface area contributed by atoms with Crippen molar-refractivity contribution in [3.8, 4) is 0 Å². The van der Waals surface area contributed by atoms with Gasteiger partial charge in [0, 0.05) is 38.1 Å². The van der Waals surface area contributed by atoms with Crippen LogP contribution in [0, 0.1) is 0 Å². The first-order chi connectivity index (χ1) is 28.2. The molecule has 2 aromatic rings. The molecule has 10 N–H and O–H groups in total. The number of H-pyrrole nitrogens is 1. The molecular formula is C34H42F6N6O15. The highest BCUT2D eigenvalue weighted by Crippen LogP contribution is 2.36. The molecule has 10 atom stereocenters. The monoisotopic (exact) mass is 888 g/mol. The van der Waals surface area contributed by atoms with E-state index in [2.05, 4.69) is 5.32 Å². The van der Waals surface area contributed by atoms with Crippen molar-refractivity contribution in [2.75, 3.05) is 32.5 Å². The molecule has 1 aromatic carbocycles. The molecule has 340 valence electrons. The number of nitrogens with one attached hydrogen (secondary N) is 2. The maximum Gasteiger partial charge on any atom is 0.490 e. The average Bonchev–Trinajstić information content (AvgIpc) is 3.58. The second-order valence-electron chi connectivity index (χ2n) is 13.3. The lowest BCUT2D eigenvalue weighted by Crippen LogP contribution is -2.59. The van der Waals surface area contributed by atoms with E-state index in [1.54, 1.807) is 19.2 Å². The summed E-state index contributed by atoms with van der Waals surface area (Å²) in [7, 11) is 2.94. The number of aromatic nitrogens is 2. The Hall–Kier alpha value is -5.26. The summed E-state index contributed by atoms with van der Waals surface area (Å²) in [5.41, 5.74) is 5.66. The highest BCUT2D eigenvalue weighted by Gasteiger charge is 2.55. The van der Waals surface area contributed by atoms with Gasteiger partial charge in [-0.15, -0.1) is 0 Å². The molecule has 2 fully saturated rings. The van der Waals surface area contributed by atoms with Crippen molar-refractivity contribution in [3.63, 3.8) is 0 Å². The number of benzene rings is 1. The van der Waals surface area contributed by atoms with E-state index in [9.17, 15) is 65.9 Å². The number of likely N-dealkylation sites (N-methyl/N-ethyl adjacent to an activating group) is 2. The van der Waals surface area contributed by atoms with E-state index in [0.717, 1.165) is 33.7 Å². The van der Waals surface area contributed by atoms with Crippen LogP contribution in [0.4, 0.5) is 32.0 Å². The number of anilines is 1. The van der Waals surface area contributed by atoms with Gasteiger partial charge in [0.15, 0.2) is 12.5 Å². The number of aliphatic hydroxyl groups is 4. The number of aryl methyl sites for hydroxylation is 1. The van der Waals surface area contributed by atoms with Gasteiger partial charge in [0.25, 0.3) is 11.5 Å². The van der Waals surface area contributed by atoms with Crippen LogP contribution in [0.3, 0.4) is 0 Å². The van der Waals surface area contributed by atoms with E-state index in [0.29, 0.717) is 5.69 Å². The van der Waals surface area contributed by atoms with E-state index in [4.69, 9.17) is 39.7 Å². The summed E-state index contributed by atoms with van der Waals surface area (Å²) in [6.07, 6.45) is -20.5. The normalized spacial score (nSPS) is 27.4. The standard InChI is InChI=1S/C30H40N6O11.2C2HF3O2/c1-4-14-5-7-15(8-6-14)32-26(42)16-9-11-34(2)19(27(43)35(16)3)24(47-29-23(41)20(38)17(13-31)45-29)25-21(39)22(40)28(46-25)36-12-10-18(37)33-30(36)44;2*3-2(4,5)1(6)7/h5-10,12,17,19-25,28-29,38-41H,4,11,13,31H2,1-3H3,(H,32,42)(H,33,37,44);2*(H,6,7)/t17-,19+,20-,21+,22-,23-,24+,25+,28-,29+;;/m1../s1. The Balaban J connectivity index is 0.000000609. The second-order valence-corrected chi connectivity index (χ2v) is 13.3. The number of halogens is 6. The van der Waals surface area contributed by atoms with Crippen molar-refractivity contribution in [3.05, 3.63) is 74.7 Å². The van der Waals surface area contributed by atoms with Gasteiger partial charge >= 0.3 is 30.0 Å². The number of nitrogens with two attached hydrogens (primary N) is 1. The van der Waals surface area contributed by atoms with Gasteiger partial charge in [0.05, 0.1) is 0 Å². The Morgan fingerprint density at radius 2 is 1.46 bits per heavy atom. The molecule has 2 amide bonds. The Morgan fingerprint density at radius 3 is 1.93 bits per heavy atom. The SMILES string of the molecule is CCc1ccc(NC(=O)C2=CCN(C)[C@@H]([C@H](O[C@@H]3O[C@H](CN)[C@@H](O)[C@H]3O)[C@H]3O[C@@H](n4ccc(=O)[nH]c4=O)[C@H](O)[C@@H]3O)C(=O)N2C)cc1.O=C(O)C(F)(F)F.O=C(O)C(F)(F)F. The highest BCUT2D eigenvalue weighted by atomic mass is 19.4. The van der Waals surface area contributed by atoms with E-state index in [-0.39, 0.29) is 18.8 Å². The van der Waals surface area contributed by atoms with Gasteiger partial charge in [-0.05, 0) is 37.2 Å². The van der Waals surface area contributed by atoms with E-state index in [1.165, 1.54) is 18.0 Å². The number of aliphatic carboxylic acids is 2. The molecule has 0 unspecified atom stereocenters. The van der Waals surface area contributed by atoms with Gasteiger partial charge in [0.1, 0.15) is 54.5 Å². The van der Waals surface area contributed by atoms with Crippen molar-refractivity contribution < 1.29 is 90.4 Å². The van der Waals surface area contributed by atoms with Crippen LogP contribution >= 0.6 is 0 Å². The maximum absolute atomic E-state index is 14.2. The molecule has 3 aliphatic rings. The summed E-state index contributed by atoms with van der Waals surface area (Å²) < 4.78 is 82.1. The molecule has 0 radical (unpaired) electrons. The number of aromatic amines is 1. The third kappa shape index (κ3) is 12.4. The lowest BCUT2D eigenvalue weighted by Gasteiger charge is -2.38. The number of ether oxygens (including phenoxy) is 3. The molecule has 21 nitrogen and oxygen atoms in total. The molecule has 0 bridgehead atoms. The van der Waals surface area contributed by atoms with Crippen LogP contribution in [0.5, 0.6) is 0 Å². The number of rotatable bonds is 9. The van der Waals surface area contributed by atoms with Crippen LogP contribution in [0.1, 0.15) is 18.7 Å². The minimum Gasteiger partial charge on any atom is -0.475 e. The number of hydrogen-bond donors (Lipinski definition) is 9. The first-order valence-electron chi connectivity index (χ1n) is 17.6. The van der Waals surface area contributed by atoms with Gasteiger partial charge in [-0.2, -0.15) is 26.3 Å². The molecular weight excluding hydrogens is 846 g/mol. The topological polar surface area (TPSA) is 317 Å². The number of nitrogens with zero attached hydrogens (tertiary/aromatic N) is 3. The molecule has 61 heavy (non-hydrogen) atoms. The van der Waals surface area contributed by atoms with Crippen molar-refractivity contribution in [1.82, 2.24) is 19.4 Å². The smallest absolute Gasteiger partial charge is 0.475 e. The number of alkyl halides is 6. The minimum atomic E-state index is -5.08. The van der Waals surface area contributed by atoms with Gasteiger partial charge in [-0.25, -0.2) is 14.4 Å². The van der Waals surface area contributed by atoms with Crippen LogP contribution in [-0.2, 0) is 39.8 Å². The third-order valence-electron chi connectivity index (χ3n) is 9.21. The highest BCUT2D eigenvalue weighted by molar-refractivity contribution is 6.06.